The number of nitrogens with one attached hydrogen (secondary N) is 1. The Balaban J connectivity index is 1.89. The summed E-state index contributed by atoms with van der Waals surface area (Å²) in [5.74, 6) is 2.84. The molecule has 2 fully saturated rings. The van der Waals surface area contributed by atoms with Crippen molar-refractivity contribution in [2.45, 2.75) is 44.6 Å². The number of hydrogen-bond donors (Lipinski definition) is 2. The molecule has 1 aromatic rings. The first kappa shape index (κ1) is 12.7. The van der Waals surface area contributed by atoms with Gasteiger partial charge in [0.2, 0.25) is 0 Å². The zero-order valence-electron chi connectivity index (χ0n) is 11.4. The lowest BCUT2D eigenvalue weighted by Gasteiger charge is -2.38. The maximum absolute atomic E-state index is 11.8. The van der Waals surface area contributed by atoms with E-state index in [1.165, 1.54) is 0 Å². The van der Waals surface area contributed by atoms with Crippen molar-refractivity contribution >= 4 is 5.82 Å². The minimum Gasteiger partial charge on any atom is -0.352 e. The van der Waals surface area contributed by atoms with Crippen LogP contribution in [0.5, 0.6) is 0 Å². The molecular formula is C14H22N4O. The van der Waals surface area contributed by atoms with Gasteiger partial charge in [-0.3, -0.25) is 4.79 Å². The Labute approximate surface area is 113 Å². The van der Waals surface area contributed by atoms with Gasteiger partial charge in [-0.2, -0.15) is 0 Å². The van der Waals surface area contributed by atoms with Crippen molar-refractivity contribution in [3.05, 3.63) is 22.2 Å². The smallest absolute Gasteiger partial charge is 0.252 e. The molecule has 0 bridgehead atoms. The molecule has 3 N–H and O–H groups in total. The van der Waals surface area contributed by atoms with Crippen LogP contribution in [-0.4, -0.2) is 29.1 Å². The number of anilines is 1. The van der Waals surface area contributed by atoms with E-state index in [2.05, 4.69) is 21.8 Å². The molecule has 1 saturated heterocycles. The summed E-state index contributed by atoms with van der Waals surface area (Å²) in [5, 5.41) is 0. The van der Waals surface area contributed by atoms with Crippen LogP contribution < -0.4 is 16.2 Å². The van der Waals surface area contributed by atoms with Crippen molar-refractivity contribution in [1.29, 1.82) is 0 Å². The number of nitrogens with zero attached hydrogens (tertiary/aromatic N) is 2. The van der Waals surface area contributed by atoms with Gasteiger partial charge in [-0.05, 0) is 31.6 Å². The third-order valence-electron chi connectivity index (χ3n) is 4.25. The van der Waals surface area contributed by atoms with Crippen LogP contribution in [0.2, 0.25) is 0 Å². The molecule has 0 radical (unpaired) electrons. The summed E-state index contributed by atoms with van der Waals surface area (Å²) in [7, 11) is 0. The molecule has 3 rings (SSSR count). The van der Waals surface area contributed by atoms with Crippen LogP contribution in [0.25, 0.3) is 0 Å². The van der Waals surface area contributed by atoms with Crippen molar-refractivity contribution in [3.8, 4) is 0 Å². The van der Waals surface area contributed by atoms with E-state index in [4.69, 9.17) is 5.73 Å². The van der Waals surface area contributed by atoms with E-state index in [1.54, 1.807) is 6.07 Å². The summed E-state index contributed by atoms with van der Waals surface area (Å²) < 4.78 is 0. The molecule has 1 aromatic heterocycles. The highest BCUT2D eigenvalue weighted by atomic mass is 16.1. The average molecular weight is 262 g/mol. The number of hydrogen-bond acceptors (Lipinski definition) is 4. The maximum Gasteiger partial charge on any atom is 0.252 e. The Hall–Kier alpha value is -1.36. The van der Waals surface area contributed by atoms with Crippen molar-refractivity contribution in [2.75, 3.05) is 18.0 Å². The predicted octanol–water partition coefficient (Wildman–Crippen LogP) is 1.21. The van der Waals surface area contributed by atoms with E-state index in [-0.39, 0.29) is 5.56 Å². The summed E-state index contributed by atoms with van der Waals surface area (Å²) in [6.07, 6.45) is 4.51. The first-order valence-corrected chi connectivity index (χ1v) is 7.25. The van der Waals surface area contributed by atoms with Crippen LogP contribution >= 0.6 is 0 Å². The highest BCUT2D eigenvalue weighted by molar-refractivity contribution is 5.40. The van der Waals surface area contributed by atoms with Gasteiger partial charge in [0.15, 0.2) is 0 Å². The zero-order valence-corrected chi connectivity index (χ0v) is 11.4. The number of aromatic amines is 1. The number of piperidine rings is 1. The molecule has 1 saturated carbocycles. The minimum atomic E-state index is -0.0405. The SMILES string of the molecule is CC1CCN(c2cc(=O)[nH]c(C3CC3)n2)C(CN)C1. The summed E-state index contributed by atoms with van der Waals surface area (Å²) in [5.41, 5.74) is 5.85. The van der Waals surface area contributed by atoms with Crippen LogP contribution in [0.3, 0.4) is 0 Å². The first-order valence-electron chi connectivity index (χ1n) is 7.25. The van der Waals surface area contributed by atoms with Gasteiger partial charge >= 0.3 is 0 Å². The van der Waals surface area contributed by atoms with Crippen LogP contribution in [0.4, 0.5) is 5.82 Å². The largest absolute Gasteiger partial charge is 0.352 e. The number of aromatic nitrogens is 2. The van der Waals surface area contributed by atoms with E-state index >= 15 is 0 Å². The van der Waals surface area contributed by atoms with Crippen molar-refractivity contribution < 1.29 is 0 Å². The summed E-state index contributed by atoms with van der Waals surface area (Å²) in [6, 6.07) is 1.93. The lowest BCUT2D eigenvalue weighted by Crippen LogP contribution is -2.47. The molecule has 5 nitrogen and oxygen atoms in total. The van der Waals surface area contributed by atoms with E-state index in [1.807, 2.05) is 0 Å². The summed E-state index contributed by atoms with van der Waals surface area (Å²) >= 11 is 0. The number of H-pyrrole nitrogens is 1. The predicted molar refractivity (Wildman–Crippen MR) is 75.4 cm³/mol. The Kier molecular flexibility index (Phi) is 3.31. The number of nitrogens with two attached hydrogens (primary N) is 1. The molecule has 2 atom stereocenters. The molecule has 1 aliphatic heterocycles. The fraction of sp³-hybridized carbons (Fsp3) is 0.714. The monoisotopic (exact) mass is 262 g/mol. The van der Waals surface area contributed by atoms with Gasteiger partial charge in [-0.25, -0.2) is 4.98 Å². The van der Waals surface area contributed by atoms with E-state index in [9.17, 15) is 4.79 Å². The number of rotatable bonds is 3. The molecule has 1 aliphatic carbocycles. The molecule has 104 valence electrons. The Morgan fingerprint density at radius 3 is 2.95 bits per heavy atom. The Bertz CT molecular complexity index is 508. The molecule has 2 heterocycles. The topological polar surface area (TPSA) is 75.0 Å². The van der Waals surface area contributed by atoms with Crippen molar-refractivity contribution in [3.63, 3.8) is 0 Å². The quantitative estimate of drug-likeness (QED) is 0.858. The molecule has 2 unspecified atom stereocenters. The van der Waals surface area contributed by atoms with Gasteiger partial charge in [0.1, 0.15) is 11.6 Å². The second-order valence-electron chi connectivity index (χ2n) is 5.98. The van der Waals surface area contributed by atoms with Gasteiger partial charge < -0.3 is 15.6 Å². The maximum atomic E-state index is 11.8. The van der Waals surface area contributed by atoms with Crippen LogP contribution in [-0.2, 0) is 0 Å². The van der Waals surface area contributed by atoms with Crippen LogP contribution in [0.15, 0.2) is 10.9 Å². The molecule has 2 aliphatic rings. The summed E-state index contributed by atoms with van der Waals surface area (Å²) in [6.45, 7) is 3.84. The lowest BCUT2D eigenvalue weighted by atomic mass is 9.92. The van der Waals surface area contributed by atoms with Crippen LogP contribution in [0, 0.1) is 5.92 Å². The highest BCUT2D eigenvalue weighted by Crippen LogP contribution is 2.38. The van der Waals surface area contributed by atoms with E-state index < -0.39 is 0 Å². The lowest BCUT2D eigenvalue weighted by molar-refractivity contribution is 0.364. The molecule has 5 heteroatoms. The van der Waals surface area contributed by atoms with Gasteiger partial charge in [-0.1, -0.05) is 6.92 Å². The Morgan fingerprint density at radius 1 is 1.47 bits per heavy atom. The van der Waals surface area contributed by atoms with E-state index in [0.717, 1.165) is 43.9 Å². The average Bonchev–Trinajstić information content (AvgIpc) is 3.22. The Morgan fingerprint density at radius 2 is 2.26 bits per heavy atom. The fourth-order valence-electron chi connectivity index (χ4n) is 2.94. The van der Waals surface area contributed by atoms with Crippen molar-refractivity contribution in [2.24, 2.45) is 11.7 Å². The van der Waals surface area contributed by atoms with Crippen LogP contribution in [0.1, 0.15) is 44.3 Å². The third kappa shape index (κ3) is 2.66. The van der Waals surface area contributed by atoms with Gasteiger partial charge in [0.25, 0.3) is 5.56 Å². The normalized spacial score (nSPS) is 27.6. The van der Waals surface area contributed by atoms with E-state index in [0.29, 0.717) is 24.4 Å². The second-order valence-corrected chi connectivity index (χ2v) is 5.98. The van der Waals surface area contributed by atoms with Gasteiger partial charge in [0, 0.05) is 31.1 Å². The fourth-order valence-corrected chi connectivity index (χ4v) is 2.94. The molecule has 19 heavy (non-hydrogen) atoms. The molecule has 0 amide bonds. The highest BCUT2D eigenvalue weighted by Gasteiger charge is 2.30. The molecule has 0 aromatic carbocycles. The third-order valence-corrected chi connectivity index (χ3v) is 4.25. The minimum absolute atomic E-state index is 0.0405. The van der Waals surface area contributed by atoms with Crippen molar-refractivity contribution in [1.82, 2.24) is 9.97 Å². The summed E-state index contributed by atoms with van der Waals surface area (Å²) in [4.78, 5) is 21.5. The van der Waals surface area contributed by atoms with Gasteiger partial charge in [0.05, 0.1) is 0 Å². The standard InChI is InChI=1S/C14H22N4O/c1-9-4-5-18(11(6-9)8-15)12-7-13(19)17-14(16-12)10-2-3-10/h7,9-11H,2-6,8,15H2,1H3,(H,16,17,19). The van der Waals surface area contributed by atoms with Gasteiger partial charge in [-0.15, -0.1) is 0 Å². The molecule has 0 spiro atoms. The second kappa shape index (κ2) is 4.96. The zero-order chi connectivity index (χ0) is 13.4. The molecular weight excluding hydrogens is 240 g/mol. The first-order chi connectivity index (χ1) is 9.17.